The summed E-state index contributed by atoms with van der Waals surface area (Å²) in [6, 6.07) is 8.13. The van der Waals surface area contributed by atoms with Gasteiger partial charge in [0.2, 0.25) is 11.8 Å². The highest BCUT2D eigenvalue weighted by Crippen LogP contribution is 2.04. The lowest BCUT2D eigenvalue weighted by atomic mass is 10.0. The van der Waals surface area contributed by atoms with E-state index in [2.05, 4.69) is 16.0 Å². The van der Waals surface area contributed by atoms with Crippen LogP contribution in [0.1, 0.15) is 25.8 Å². The standard InChI is InChI=1S/C18H26N4O6/c1-12(2)8-14(17(25)22-27)21-16(24)10-19-15(23)9-20-18(26)28-11-13-6-4-3-5-7-13/h3-7,12,14,27H,8-11H2,1-2H3,(H,19,23)(H,20,26)(H,21,24)(H,22,25)/t14-/m0/s1. The summed E-state index contributed by atoms with van der Waals surface area (Å²) in [4.78, 5) is 46.6. The van der Waals surface area contributed by atoms with Crippen LogP contribution < -0.4 is 21.4 Å². The topological polar surface area (TPSA) is 146 Å². The first-order valence-corrected chi connectivity index (χ1v) is 8.76. The maximum absolute atomic E-state index is 11.9. The molecule has 0 aliphatic carbocycles. The molecule has 1 rings (SSSR count). The van der Waals surface area contributed by atoms with Crippen LogP contribution in [0, 0.1) is 5.92 Å². The highest BCUT2D eigenvalue weighted by atomic mass is 16.5. The zero-order chi connectivity index (χ0) is 20.9. The largest absolute Gasteiger partial charge is 0.445 e. The molecule has 1 atom stereocenters. The molecule has 10 nitrogen and oxygen atoms in total. The van der Waals surface area contributed by atoms with Crippen molar-refractivity contribution in [2.24, 2.45) is 5.92 Å². The van der Waals surface area contributed by atoms with Gasteiger partial charge in [0.05, 0.1) is 6.54 Å². The molecule has 1 aromatic carbocycles. The number of hydroxylamine groups is 1. The summed E-state index contributed by atoms with van der Waals surface area (Å²) in [7, 11) is 0. The summed E-state index contributed by atoms with van der Waals surface area (Å²) in [5.74, 6) is -1.84. The Balaban J connectivity index is 2.28. The van der Waals surface area contributed by atoms with Gasteiger partial charge in [-0.15, -0.1) is 0 Å². The first-order chi connectivity index (χ1) is 13.3. The minimum atomic E-state index is -0.916. The van der Waals surface area contributed by atoms with Gasteiger partial charge >= 0.3 is 6.09 Å². The summed E-state index contributed by atoms with van der Waals surface area (Å²) in [5, 5.41) is 15.7. The van der Waals surface area contributed by atoms with Crippen LogP contribution in [-0.2, 0) is 25.7 Å². The minimum Gasteiger partial charge on any atom is -0.445 e. The molecule has 0 aliphatic rings. The second-order valence-corrected chi connectivity index (χ2v) is 6.42. The third-order valence-corrected chi connectivity index (χ3v) is 3.52. The van der Waals surface area contributed by atoms with Crippen LogP contribution in [0.5, 0.6) is 0 Å². The summed E-state index contributed by atoms with van der Waals surface area (Å²) < 4.78 is 4.95. The van der Waals surface area contributed by atoms with Crippen LogP contribution in [0.4, 0.5) is 4.79 Å². The fraction of sp³-hybridized carbons (Fsp3) is 0.444. The molecule has 0 fully saturated rings. The average molecular weight is 394 g/mol. The van der Waals surface area contributed by atoms with Crippen molar-refractivity contribution < 1.29 is 29.1 Å². The van der Waals surface area contributed by atoms with E-state index in [-0.39, 0.29) is 25.6 Å². The molecule has 0 aliphatic heterocycles. The smallest absolute Gasteiger partial charge is 0.407 e. The summed E-state index contributed by atoms with van der Waals surface area (Å²) in [6.45, 7) is 3.03. The molecule has 0 spiro atoms. The quantitative estimate of drug-likeness (QED) is 0.280. The first-order valence-electron chi connectivity index (χ1n) is 8.76. The Morgan fingerprint density at radius 2 is 1.64 bits per heavy atom. The van der Waals surface area contributed by atoms with Crippen molar-refractivity contribution in [2.45, 2.75) is 32.9 Å². The van der Waals surface area contributed by atoms with Gasteiger partial charge in [-0.2, -0.15) is 0 Å². The molecule has 5 N–H and O–H groups in total. The molecule has 0 bridgehead atoms. The van der Waals surface area contributed by atoms with E-state index in [1.165, 1.54) is 5.48 Å². The van der Waals surface area contributed by atoms with E-state index in [1.807, 2.05) is 32.0 Å². The van der Waals surface area contributed by atoms with Crippen LogP contribution in [-0.4, -0.2) is 48.2 Å². The van der Waals surface area contributed by atoms with Crippen LogP contribution >= 0.6 is 0 Å². The van der Waals surface area contributed by atoms with E-state index in [9.17, 15) is 19.2 Å². The molecule has 28 heavy (non-hydrogen) atoms. The summed E-state index contributed by atoms with van der Waals surface area (Å²) >= 11 is 0. The van der Waals surface area contributed by atoms with Gasteiger partial charge in [-0.3, -0.25) is 19.6 Å². The lowest BCUT2D eigenvalue weighted by Gasteiger charge is -2.18. The zero-order valence-corrected chi connectivity index (χ0v) is 15.9. The highest BCUT2D eigenvalue weighted by Gasteiger charge is 2.21. The van der Waals surface area contributed by atoms with Crippen LogP contribution in [0.15, 0.2) is 30.3 Å². The molecule has 0 heterocycles. The molecular weight excluding hydrogens is 368 g/mol. The van der Waals surface area contributed by atoms with E-state index in [1.54, 1.807) is 12.1 Å². The predicted molar refractivity (Wildman–Crippen MR) is 99.0 cm³/mol. The Labute approximate surface area is 163 Å². The summed E-state index contributed by atoms with van der Waals surface area (Å²) in [5.41, 5.74) is 2.30. The van der Waals surface area contributed by atoms with Gasteiger partial charge in [0, 0.05) is 0 Å². The van der Waals surface area contributed by atoms with Crippen molar-refractivity contribution in [1.29, 1.82) is 0 Å². The Hall–Kier alpha value is -3.14. The molecule has 4 amide bonds. The van der Waals surface area contributed by atoms with Crippen molar-refractivity contribution in [1.82, 2.24) is 21.4 Å². The molecule has 0 unspecified atom stereocenters. The Morgan fingerprint density at radius 3 is 2.25 bits per heavy atom. The number of benzene rings is 1. The lowest BCUT2D eigenvalue weighted by molar-refractivity contribution is -0.135. The Morgan fingerprint density at radius 1 is 1.00 bits per heavy atom. The van der Waals surface area contributed by atoms with Crippen molar-refractivity contribution in [2.75, 3.05) is 13.1 Å². The fourth-order valence-corrected chi connectivity index (χ4v) is 2.19. The number of hydrogen-bond donors (Lipinski definition) is 5. The number of amides is 4. The second kappa shape index (κ2) is 12.3. The van der Waals surface area contributed by atoms with Gasteiger partial charge < -0.3 is 20.7 Å². The molecule has 154 valence electrons. The first kappa shape index (κ1) is 22.9. The average Bonchev–Trinajstić information content (AvgIpc) is 2.68. The third-order valence-electron chi connectivity index (χ3n) is 3.52. The van der Waals surface area contributed by atoms with Crippen molar-refractivity contribution in [3.8, 4) is 0 Å². The Bertz CT molecular complexity index is 665. The number of hydrogen-bond acceptors (Lipinski definition) is 6. The number of ether oxygens (including phenoxy) is 1. The fourth-order valence-electron chi connectivity index (χ4n) is 2.19. The number of carbonyl (C=O) groups is 4. The Kier molecular flexibility index (Phi) is 10.0. The summed E-state index contributed by atoms with van der Waals surface area (Å²) in [6.07, 6.45) is -0.443. The van der Waals surface area contributed by atoms with Crippen molar-refractivity contribution in [3.63, 3.8) is 0 Å². The number of alkyl carbamates (subject to hydrolysis) is 1. The molecule has 0 saturated heterocycles. The molecular formula is C18H26N4O6. The monoisotopic (exact) mass is 394 g/mol. The van der Waals surface area contributed by atoms with Crippen LogP contribution in [0.3, 0.4) is 0 Å². The predicted octanol–water partition coefficient (Wildman–Crippen LogP) is 0.0653. The van der Waals surface area contributed by atoms with E-state index in [4.69, 9.17) is 9.94 Å². The zero-order valence-electron chi connectivity index (χ0n) is 15.9. The van der Waals surface area contributed by atoms with E-state index < -0.39 is 29.9 Å². The number of carbonyl (C=O) groups excluding carboxylic acids is 4. The molecule has 0 radical (unpaired) electrons. The van der Waals surface area contributed by atoms with E-state index >= 15 is 0 Å². The van der Waals surface area contributed by atoms with Gasteiger partial charge in [0.15, 0.2) is 0 Å². The third kappa shape index (κ3) is 9.53. The molecule has 1 aromatic rings. The number of nitrogens with one attached hydrogen (secondary N) is 4. The molecule has 0 aromatic heterocycles. The van der Waals surface area contributed by atoms with Gasteiger partial charge in [-0.05, 0) is 17.9 Å². The van der Waals surface area contributed by atoms with Crippen LogP contribution in [0.25, 0.3) is 0 Å². The maximum Gasteiger partial charge on any atom is 0.407 e. The second-order valence-electron chi connectivity index (χ2n) is 6.42. The number of rotatable bonds is 10. The SMILES string of the molecule is CC(C)C[C@H](NC(=O)CNC(=O)CNC(=O)OCc1ccccc1)C(=O)NO. The van der Waals surface area contributed by atoms with Crippen molar-refractivity contribution in [3.05, 3.63) is 35.9 Å². The molecule has 0 saturated carbocycles. The van der Waals surface area contributed by atoms with E-state index in [0.29, 0.717) is 6.42 Å². The normalized spacial score (nSPS) is 11.3. The molecule has 10 heteroatoms. The minimum absolute atomic E-state index is 0.0703. The van der Waals surface area contributed by atoms with Gasteiger partial charge in [-0.1, -0.05) is 44.2 Å². The van der Waals surface area contributed by atoms with E-state index in [0.717, 1.165) is 5.56 Å². The van der Waals surface area contributed by atoms with Gasteiger partial charge in [-0.25, -0.2) is 10.3 Å². The van der Waals surface area contributed by atoms with Gasteiger partial charge in [0.25, 0.3) is 5.91 Å². The highest BCUT2D eigenvalue weighted by molar-refractivity contribution is 5.90. The maximum atomic E-state index is 11.9. The van der Waals surface area contributed by atoms with Gasteiger partial charge in [0.1, 0.15) is 19.2 Å². The van der Waals surface area contributed by atoms with Crippen LogP contribution in [0.2, 0.25) is 0 Å². The lowest BCUT2D eigenvalue weighted by Crippen LogP contribution is -2.50. The van der Waals surface area contributed by atoms with Crippen molar-refractivity contribution >= 4 is 23.8 Å².